The van der Waals surface area contributed by atoms with Gasteiger partial charge in [0, 0.05) is 0 Å². The molecule has 0 saturated heterocycles. The molecule has 0 aromatic rings. The van der Waals surface area contributed by atoms with Crippen LogP contribution in [0, 0.1) is 0 Å². The Balaban J connectivity index is 3.28. The van der Waals surface area contributed by atoms with Crippen molar-refractivity contribution >= 4 is 19.4 Å². The Bertz CT molecular complexity index is 125. The topological polar surface area (TPSA) is 75.6 Å². The second kappa shape index (κ2) is 3.76. The zero-order valence-electron chi connectivity index (χ0n) is 4.88. The van der Waals surface area contributed by atoms with Gasteiger partial charge in [-0.3, -0.25) is 4.79 Å². The molecule has 0 radical (unpaired) electrons. The minimum absolute atomic E-state index is 0.410. The molecule has 1 amide bonds. The molecule has 0 atom stereocenters. The maximum absolute atomic E-state index is 10.1. The Morgan fingerprint density at radius 1 is 1.67 bits per heavy atom. The molecule has 2 N–H and O–H groups in total. The van der Waals surface area contributed by atoms with Crippen LogP contribution in [0.2, 0.25) is 0 Å². The molecule has 0 aromatic carbocycles. The van der Waals surface area contributed by atoms with Crippen molar-refractivity contribution in [3.8, 4) is 0 Å². The Labute approximate surface area is 52.3 Å². The maximum atomic E-state index is 10.1. The smallest absolute Gasteiger partial charge is 0.394 e. The van der Waals surface area contributed by atoms with E-state index < -0.39 is 19.4 Å². The van der Waals surface area contributed by atoms with Gasteiger partial charge >= 0.3 is 13.5 Å². The number of hydrogen-bond donors (Lipinski definition) is 2. The summed E-state index contributed by atoms with van der Waals surface area (Å²) in [5.41, 5.74) is 0. The summed E-state index contributed by atoms with van der Waals surface area (Å²) < 4.78 is 4.09. The normalized spacial score (nSPS) is 7.67. The Morgan fingerprint density at radius 2 is 2.22 bits per heavy atom. The predicted molar refractivity (Wildman–Crippen MR) is 30.7 cm³/mol. The van der Waals surface area contributed by atoms with Crippen molar-refractivity contribution in [2.24, 2.45) is 0 Å². The van der Waals surface area contributed by atoms with Crippen LogP contribution in [0.3, 0.4) is 0 Å². The van der Waals surface area contributed by atoms with Crippen LogP contribution in [0.15, 0.2) is 0 Å². The molecule has 0 spiro atoms. The number of methoxy groups -OCH3 is 1. The molecule has 0 unspecified atom stereocenters. The summed E-state index contributed by atoms with van der Waals surface area (Å²) >= 11 is 0. The number of hydrogen-bond acceptors (Lipinski definition) is 3. The molecule has 6 heteroatoms. The van der Waals surface area contributed by atoms with Gasteiger partial charge in [-0.2, -0.15) is 0 Å². The molecule has 0 fully saturated rings. The first kappa shape index (κ1) is 7.80. The van der Waals surface area contributed by atoms with Crippen LogP contribution >= 0.6 is 0 Å². The van der Waals surface area contributed by atoms with Crippen LogP contribution in [0.25, 0.3) is 0 Å². The lowest BCUT2D eigenvalue weighted by atomic mass is 9.97. The van der Waals surface area contributed by atoms with Gasteiger partial charge in [-0.15, -0.1) is 0 Å². The van der Waals surface area contributed by atoms with E-state index >= 15 is 0 Å². The van der Waals surface area contributed by atoms with Crippen molar-refractivity contribution < 1.29 is 19.4 Å². The first-order valence-electron chi connectivity index (χ1n) is 2.20. The van der Waals surface area contributed by atoms with E-state index in [1.165, 1.54) is 0 Å². The van der Waals surface area contributed by atoms with Crippen LogP contribution < -0.4 is 5.23 Å². The molecular weight excluding hydrogens is 125 g/mol. The van der Waals surface area contributed by atoms with E-state index in [1.807, 2.05) is 5.23 Å². The summed E-state index contributed by atoms with van der Waals surface area (Å²) in [7, 11) is 0.754. The molecule has 0 rings (SSSR count). The van der Waals surface area contributed by atoms with Crippen molar-refractivity contribution in [1.82, 2.24) is 5.23 Å². The highest BCUT2D eigenvalue weighted by Crippen LogP contribution is 1.67. The van der Waals surface area contributed by atoms with Gasteiger partial charge in [0.15, 0.2) is 0 Å². The second-order valence-corrected chi connectivity index (χ2v) is 1.24. The van der Waals surface area contributed by atoms with Gasteiger partial charge in [0.25, 0.3) is 5.87 Å². The van der Waals surface area contributed by atoms with Crippen LogP contribution in [0.5, 0.6) is 0 Å². The third kappa shape index (κ3) is 4.66. The number of carboxylic acid groups (broad SMARTS) is 1. The van der Waals surface area contributed by atoms with E-state index in [2.05, 4.69) is 4.74 Å². The number of amides is 1. The van der Waals surface area contributed by atoms with Crippen molar-refractivity contribution in [1.29, 1.82) is 0 Å². The molecule has 0 heterocycles. The lowest BCUT2D eigenvalue weighted by Gasteiger charge is -1.95. The monoisotopic (exact) mass is 131 g/mol. The number of ether oxygens (including phenoxy) is 1. The van der Waals surface area contributed by atoms with Gasteiger partial charge in [-0.25, -0.2) is 4.79 Å². The maximum Gasteiger partial charge on any atom is 0.394 e. The standard InChI is InChI=1S/C3H6BNO4/c1-9-3(8)5-4-2(6)7/h4H,1H3,(H,5,8)(H,6,7). The highest BCUT2D eigenvalue weighted by atomic mass is 16.5. The summed E-state index contributed by atoms with van der Waals surface area (Å²) in [5.74, 6) is -1.10. The molecule has 0 aliphatic rings. The molecule has 50 valence electrons. The first-order chi connectivity index (χ1) is 4.16. The molecule has 0 bridgehead atoms. The number of rotatable bonds is 2. The fraction of sp³-hybridized carbons (Fsp3) is 0.333. The van der Waals surface area contributed by atoms with Crippen LogP contribution in [0.1, 0.15) is 0 Å². The van der Waals surface area contributed by atoms with Gasteiger partial charge in [0.1, 0.15) is 0 Å². The number of carbonyl (C=O) groups excluding carboxylic acids is 1. The fourth-order valence-electron chi connectivity index (χ4n) is 0.220. The Kier molecular flexibility index (Phi) is 3.26. The van der Waals surface area contributed by atoms with Gasteiger partial charge in [-0.1, -0.05) is 0 Å². The second-order valence-electron chi connectivity index (χ2n) is 1.24. The molecule has 0 aromatic heterocycles. The molecule has 9 heavy (non-hydrogen) atoms. The first-order valence-corrected chi connectivity index (χ1v) is 2.20. The summed E-state index contributed by atoms with van der Waals surface area (Å²) in [6.45, 7) is 0. The van der Waals surface area contributed by atoms with Crippen molar-refractivity contribution in [2.75, 3.05) is 7.11 Å². The minimum Gasteiger partial charge on any atom is -0.488 e. The fourth-order valence-corrected chi connectivity index (χ4v) is 0.220. The average molecular weight is 131 g/mol. The highest BCUT2D eigenvalue weighted by Gasteiger charge is 2.03. The largest absolute Gasteiger partial charge is 0.488 e. The molecule has 0 aliphatic heterocycles. The lowest BCUT2D eigenvalue weighted by Crippen LogP contribution is -2.31. The van der Waals surface area contributed by atoms with Crippen molar-refractivity contribution in [3.05, 3.63) is 0 Å². The summed E-state index contributed by atoms with van der Waals surface area (Å²) in [6, 6.07) is 0. The molecule has 5 nitrogen and oxygen atoms in total. The SMILES string of the molecule is COC(=O)NBC(=O)O. The van der Waals surface area contributed by atoms with Crippen LogP contribution in [0.4, 0.5) is 9.59 Å². The zero-order valence-corrected chi connectivity index (χ0v) is 4.88. The average Bonchev–Trinajstić information content (AvgIpc) is 1.83. The molecular formula is C3H6BNO4. The predicted octanol–water partition coefficient (Wildman–Crippen LogP) is -0.628. The molecule has 0 saturated carbocycles. The quantitative estimate of drug-likeness (QED) is 0.489. The summed E-state index contributed by atoms with van der Waals surface area (Å²) in [5, 5.41) is 9.96. The van der Waals surface area contributed by atoms with E-state index in [0.29, 0.717) is 0 Å². The Morgan fingerprint density at radius 3 is 2.56 bits per heavy atom. The van der Waals surface area contributed by atoms with E-state index in [0.717, 1.165) is 7.11 Å². The van der Waals surface area contributed by atoms with Gasteiger partial charge in [-0.05, 0) is 0 Å². The van der Waals surface area contributed by atoms with Crippen LogP contribution in [-0.4, -0.2) is 31.6 Å². The third-order valence-corrected chi connectivity index (χ3v) is 0.569. The summed E-state index contributed by atoms with van der Waals surface area (Å²) in [6.07, 6.45) is -0.739. The molecule has 0 aliphatic carbocycles. The van der Waals surface area contributed by atoms with E-state index in [-0.39, 0.29) is 0 Å². The Hall–Kier alpha value is -1.20. The van der Waals surface area contributed by atoms with Crippen molar-refractivity contribution in [2.45, 2.75) is 0 Å². The minimum atomic E-state index is -1.10. The highest BCUT2D eigenvalue weighted by molar-refractivity contribution is 6.71. The van der Waals surface area contributed by atoms with E-state index in [9.17, 15) is 9.59 Å². The van der Waals surface area contributed by atoms with Crippen LogP contribution in [-0.2, 0) is 4.74 Å². The van der Waals surface area contributed by atoms with E-state index in [1.54, 1.807) is 0 Å². The zero-order chi connectivity index (χ0) is 7.28. The van der Waals surface area contributed by atoms with Gasteiger partial charge in [0.2, 0.25) is 0 Å². The van der Waals surface area contributed by atoms with Crippen molar-refractivity contribution in [3.63, 3.8) is 0 Å². The number of carbonyl (C=O) groups is 2. The van der Waals surface area contributed by atoms with Gasteiger partial charge in [0.05, 0.1) is 7.11 Å². The van der Waals surface area contributed by atoms with Gasteiger partial charge < -0.3 is 15.1 Å². The third-order valence-electron chi connectivity index (χ3n) is 0.569. The number of nitrogens with one attached hydrogen (secondary N) is 1. The summed E-state index contributed by atoms with van der Waals surface area (Å²) in [4.78, 5) is 19.9. The lowest BCUT2D eigenvalue weighted by molar-refractivity contribution is 0.177. The van der Waals surface area contributed by atoms with E-state index in [4.69, 9.17) is 5.11 Å².